The SMILES string of the molecule is CCN(CC)C(N)=NCc1cccc(Cn2ccnc2)c1.I. The summed E-state index contributed by atoms with van der Waals surface area (Å²) in [7, 11) is 0. The zero-order valence-electron chi connectivity index (χ0n) is 13.1. The summed E-state index contributed by atoms with van der Waals surface area (Å²) in [4.78, 5) is 10.6. The highest BCUT2D eigenvalue weighted by molar-refractivity contribution is 14.0. The second-order valence-electron chi connectivity index (χ2n) is 4.90. The van der Waals surface area contributed by atoms with Crippen LogP contribution in [0.4, 0.5) is 0 Å². The van der Waals surface area contributed by atoms with E-state index in [0.29, 0.717) is 12.5 Å². The molecule has 1 aromatic heterocycles. The first-order valence-corrected chi connectivity index (χ1v) is 7.31. The molecule has 5 nitrogen and oxygen atoms in total. The molecule has 0 bridgehead atoms. The molecule has 1 heterocycles. The molecule has 2 rings (SSSR count). The van der Waals surface area contributed by atoms with Crippen LogP contribution in [0.5, 0.6) is 0 Å². The predicted octanol–water partition coefficient (Wildman–Crippen LogP) is 2.71. The Morgan fingerprint density at radius 2 is 2.00 bits per heavy atom. The average Bonchev–Trinajstić information content (AvgIpc) is 3.00. The number of hydrogen-bond donors (Lipinski definition) is 1. The summed E-state index contributed by atoms with van der Waals surface area (Å²) in [5.41, 5.74) is 8.41. The van der Waals surface area contributed by atoms with Crippen LogP contribution in [-0.2, 0) is 13.1 Å². The van der Waals surface area contributed by atoms with Gasteiger partial charge in [0.2, 0.25) is 0 Å². The van der Waals surface area contributed by atoms with Crippen molar-refractivity contribution >= 4 is 29.9 Å². The summed E-state index contributed by atoms with van der Waals surface area (Å²) < 4.78 is 2.05. The van der Waals surface area contributed by atoms with E-state index in [4.69, 9.17) is 5.73 Å². The highest BCUT2D eigenvalue weighted by Gasteiger charge is 2.02. The molecule has 22 heavy (non-hydrogen) atoms. The summed E-state index contributed by atoms with van der Waals surface area (Å²) >= 11 is 0. The second-order valence-corrected chi connectivity index (χ2v) is 4.90. The molecule has 0 spiro atoms. The Morgan fingerprint density at radius 3 is 2.64 bits per heavy atom. The molecule has 1 aromatic carbocycles. The van der Waals surface area contributed by atoms with E-state index < -0.39 is 0 Å². The monoisotopic (exact) mass is 413 g/mol. The summed E-state index contributed by atoms with van der Waals surface area (Å²) in [5, 5.41) is 0. The minimum atomic E-state index is 0. The minimum Gasteiger partial charge on any atom is -0.370 e. The van der Waals surface area contributed by atoms with Gasteiger partial charge in [0.1, 0.15) is 0 Å². The van der Waals surface area contributed by atoms with Gasteiger partial charge in [-0.05, 0) is 25.0 Å². The Labute approximate surface area is 149 Å². The fraction of sp³-hybridized carbons (Fsp3) is 0.375. The molecule has 0 aliphatic carbocycles. The molecule has 0 saturated carbocycles. The minimum absolute atomic E-state index is 0. The van der Waals surface area contributed by atoms with E-state index in [1.54, 1.807) is 6.20 Å². The van der Waals surface area contributed by atoms with Crippen molar-refractivity contribution in [3.05, 3.63) is 54.1 Å². The molecule has 2 N–H and O–H groups in total. The number of benzene rings is 1. The number of rotatable bonds is 6. The van der Waals surface area contributed by atoms with Crippen molar-refractivity contribution in [1.29, 1.82) is 0 Å². The van der Waals surface area contributed by atoms with E-state index in [9.17, 15) is 0 Å². The molecule has 0 aliphatic heterocycles. The molecule has 0 saturated heterocycles. The smallest absolute Gasteiger partial charge is 0.191 e. The van der Waals surface area contributed by atoms with Crippen LogP contribution in [0.2, 0.25) is 0 Å². The summed E-state index contributed by atoms with van der Waals surface area (Å²) in [5.74, 6) is 0.611. The molecule has 2 aromatic rings. The normalized spacial score (nSPS) is 11.1. The lowest BCUT2D eigenvalue weighted by atomic mass is 10.1. The highest BCUT2D eigenvalue weighted by atomic mass is 127. The van der Waals surface area contributed by atoms with Crippen LogP contribution in [0, 0.1) is 0 Å². The van der Waals surface area contributed by atoms with Gasteiger partial charge in [-0.25, -0.2) is 9.98 Å². The van der Waals surface area contributed by atoms with Crippen molar-refractivity contribution < 1.29 is 0 Å². The van der Waals surface area contributed by atoms with Crippen molar-refractivity contribution in [2.45, 2.75) is 26.9 Å². The van der Waals surface area contributed by atoms with E-state index in [0.717, 1.165) is 19.6 Å². The third kappa shape index (κ3) is 5.32. The van der Waals surface area contributed by atoms with Crippen molar-refractivity contribution in [1.82, 2.24) is 14.5 Å². The summed E-state index contributed by atoms with van der Waals surface area (Å²) in [6.07, 6.45) is 5.57. The predicted molar refractivity (Wildman–Crippen MR) is 101 cm³/mol. The van der Waals surface area contributed by atoms with Crippen molar-refractivity contribution in [3.8, 4) is 0 Å². The first-order valence-electron chi connectivity index (χ1n) is 7.31. The van der Waals surface area contributed by atoms with Crippen molar-refractivity contribution in [2.75, 3.05) is 13.1 Å². The van der Waals surface area contributed by atoms with Gasteiger partial charge >= 0.3 is 0 Å². The van der Waals surface area contributed by atoms with Crippen molar-refractivity contribution in [3.63, 3.8) is 0 Å². The van der Waals surface area contributed by atoms with Crippen LogP contribution in [-0.4, -0.2) is 33.5 Å². The van der Waals surface area contributed by atoms with Gasteiger partial charge in [-0.15, -0.1) is 24.0 Å². The largest absolute Gasteiger partial charge is 0.370 e. The molecule has 0 radical (unpaired) electrons. The Bertz CT molecular complexity index is 576. The van der Waals surface area contributed by atoms with E-state index in [2.05, 4.69) is 53.0 Å². The number of halogens is 1. The maximum absolute atomic E-state index is 6.00. The number of imidazole rings is 1. The second kappa shape index (κ2) is 9.45. The molecular weight excluding hydrogens is 389 g/mol. The van der Waals surface area contributed by atoms with Gasteiger partial charge < -0.3 is 15.2 Å². The Hall–Kier alpha value is -1.57. The Kier molecular flexibility index (Phi) is 7.94. The van der Waals surface area contributed by atoms with Gasteiger partial charge in [0, 0.05) is 32.0 Å². The van der Waals surface area contributed by atoms with Crippen LogP contribution in [0.3, 0.4) is 0 Å². The lowest BCUT2D eigenvalue weighted by molar-refractivity contribution is 0.458. The average molecular weight is 413 g/mol. The zero-order chi connectivity index (χ0) is 15.1. The van der Waals surface area contributed by atoms with Crippen LogP contribution < -0.4 is 5.73 Å². The molecule has 6 heteroatoms. The molecule has 0 atom stereocenters. The molecule has 0 fully saturated rings. The lowest BCUT2D eigenvalue weighted by Gasteiger charge is -2.19. The number of nitrogens with two attached hydrogens (primary N) is 1. The molecule has 0 aliphatic rings. The first kappa shape index (κ1) is 18.5. The van der Waals surface area contributed by atoms with Gasteiger partial charge in [-0.3, -0.25) is 0 Å². The van der Waals surface area contributed by atoms with Gasteiger partial charge in [-0.2, -0.15) is 0 Å². The molecular formula is C16H24IN5. The quantitative estimate of drug-likeness (QED) is 0.450. The van der Waals surface area contributed by atoms with Crippen LogP contribution >= 0.6 is 24.0 Å². The third-order valence-electron chi connectivity index (χ3n) is 3.43. The summed E-state index contributed by atoms with van der Waals surface area (Å²) in [6, 6.07) is 8.42. The number of guanidine groups is 1. The summed E-state index contributed by atoms with van der Waals surface area (Å²) in [6.45, 7) is 7.36. The van der Waals surface area contributed by atoms with Gasteiger partial charge in [0.25, 0.3) is 0 Å². The number of hydrogen-bond acceptors (Lipinski definition) is 2. The Morgan fingerprint density at radius 1 is 1.27 bits per heavy atom. The fourth-order valence-electron chi connectivity index (χ4n) is 2.24. The van der Waals surface area contributed by atoms with Gasteiger partial charge in [0.05, 0.1) is 12.9 Å². The topological polar surface area (TPSA) is 59.4 Å². The van der Waals surface area contributed by atoms with E-state index in [1.807, 2.05) is 17.1 Å². The molecule has 0 amide bonds. The highest BCUT2D eigenvalue weighted by Crippen LogP contribution is 2.08. The molecule has 0 unspecified atom stereocenters. The third-order valence-corrected chi connectivity index (χ3v) is 3.43. The van der Waals surface area contributed by atoms with E-state index in [1.165, 1.54) is 11.1 Å². The number of aliphatic imine (C=N–C) groups is 1. The first-order chi connectivity index (χ1) is 10.2. The number of nitrogens with zero attached hydrogens (tertiary/aromatic N) is 4. The van der Waals surface area contributed by atoms with Gasteiger partial charge in [-0.1, -0.05) is 24.3 Å². The van der Waals surface area contributed by atoms with E-state index in [-0.39, 0.29) is 24.0 Å². The zero-order valence-corrected chi connectivity index (χ0v) is 15.5. The van der Waals surface area contributed by atoms with Crippen molar-refractivity contribution in [2.24, 2.45) is 10.7 Å². The maximum atomic E-state index is 6.00. The van der Waals surface area contributed by atoms with Crippen LogP contribution in [0.1, 0.15) is 25.0 Å². The standard InChI is InChI=1S/C16H23N5.HI/c1-3-21(4-2)16(17)19-11-14-6-5-7-15(10-14)12-20-9-8-18-13-20;/h5-10,13H,3-4,11-12H2,1-2H3,(H2,17,19);1H. The van der Waals surface area contributed by atoms with Gasteiger partial charge in [0.15, 0.2) is 5.96 Å². The van der Waals surface area contributed by atoms with Crippen LogP contribution in [0.25, 0.3) is 0 Å². The lowest BCUT2D eigenvalue weighted by Crippen LogP contribution is -2.37. The fourth-order valence-corrected chi connectivity index (χ4v) is 2.24. The van der Waals surface area contributed by atoms with Crippen LogP contribution in [0.15, 0.2) is 48.0 Å². The molecule has 120 valence electrons. The Balaban J connectivity index is 0.00000242. The van der Waals surface area contributed by atoms with E-state index >= 15 is 0 Å². The maximum Gasteiger partial charge on any atom is 0.191 e. The number of aromatic nitrogens is 2.